The third kappa shape index (κ3) is 2.59. The maximum Gasteiger partial charge on any atom is 0.491 e. The molecule has 1 fully saturated rings. The molecule has 20 heavy (non-hydrogen) atoms. The highest BCUT2D eigenvalue weighted by molar-refractivity contribution is 6.55. The molecule has 1 aromatic heterocycles. The second-order valence-electron chi connectivity index (χ2n) is 5.87. The van der Waals surface area contributed by atoms with Crippen molar-refractivity contribution in [3.8, 4) is 0 Å². The van der Waals surface area contributed by atoms with Crippen molar-refractivity contribution in [3.63, 3.8) is 0 Å². The van der Waals surface area contributed by atoms with Crippen LogP contribution in [0.4, 0.5) is 0 Å². The fourth-order valence-corrected chi connectivity index (χ4v) is 1.96. The minimum Gasteiger partial charge on any atom is -0.461 e. The van der Waals surface area contributed by atoms with Crippen molar-refractivity contribution in [2.24, 2.45) is 5.73 Å². The highest BCUT2D eigenvalue weighted by atomic mass is 16.7. The quantitative estimate of drug-likeness (QED) is 0.673. The number of rotatable bonds is 4. The lowest BCUT2D eigenvalue weighted by Gasteiger charge is -2.32. The summed E-state index contributed by atoms with van der Waals surface area (Å²) in [6.07, 6.45) is 3.92. The predicted molar refractivity (Wildman–Crippen MR) is 77.2 cm³/mol. The fourth-order valence-electron chi connectivity index (χ4n) is 1.96. The molecule has 0 unspecified atom stereocenters. The van der Waals surface area contributed by atoms with Crippen molar-refractivity contribution in [2.75, 3.05) is 6.54 Å². The van der Waals surface area contributed by atoms with E-state index in [1.807, 2.05) is 27.7 Å². The first-order chi connectivity index (χ1) is 9.30. The third-order valence-electron chi connectivity index (χ3n) is 3.97. The van der Waals surface area contributed by atoms with E-state index in [-0.39, 0.29) is 12.3 Å². The molecule has 5 nitrogen and oxygen atoms in total. The zero-order valence-corrected chi connectivity index (χ0v) is 12.3. The van der Waals surface area contributed by atoms with Crippen LogP contribution in [0.25, 0.3) is 6.08 Å². The van der Waals surface area contributed by atoms with Gasteiger partial charge in [-0.25, -0.2) is 0 Å². The zero-order chi connectivity index (χ0) is 15.0. The summed E-state index contributed by atoms with van der Waals surface area (Å²) in [5.74, 6) is 0.271. The Labute approximate surface area is 119 Å². The van der Waals surface area contributed by atoms with Crippen LogP contribution in [-0.4, -0.2) is 31.2 Å². The standard InChI is InChI=1S/C14H20BNO4/c1-13(2)14(3,4)20-15(19-13)11(8-16)7-10-5-6-18-12(10)9-17/h5-7,9H,8,16H2,1-4H3. The summed E-state index contributed by atoms with van der Waals surface area (Å²) in [6.45, 7) is 8.21. The number of furan rings is 1. The molecule has 0 atom stereocenters. The average molecular weight is 277 g/mol. The molecule has 1 saturated heterocycles. The molecule has 1 aliphatic heterocycles. The number of carbonyl (C=O) groups excluding carboxylic acids is 1. The Morgan fingerprint density at radius 3 is 2.40 bits per heavy atom. The SMILES string of the molecule is CC1(C)OB(C(=Cc2ccoc2C=O)CN)OC1(C)C. The maximum atomic E-state index is 10.9. The minimum atomic E-state index is -0.514. The molecule has 0 saturated carbocycles. The van der Waals surface area contributed by atoms with Crippen LogP contribution in [0.15, 0.2) is 22.2 Å². The highest BCUT2D eigenvalue weighted by Gasteiger charge is 2.52. The molecule has 0 spiro atoms. The number of nitrogens with two attached hydrogens (primary N) is 1. The van der Waals surface area contributed by atoms with E-state index in [2.05, 4.69) is 0 Å². The Morgan fingerprint density at radius 1 is 1.30 bits per heavy atom. The van der Waals surface area contributed by atoms with Crippen molar-refractivity contribution in [2.45, 2.75) is 38.9 Å². The molecular weight excluding hydrogens is 257 g/mol. The minimum absolute atomic E-state index is 0.271. The van der Waals surface area contributed by atoms with Gasteiger partial charge < -0.3 is 19.5 Å². The second kappa shape index (κ2) is 5.20. The molecule has 2 N–H and O–H groups in total. The van der Waals surface area contributed by atoms with Crippen molar-refractivity contribution in [3.05, 3.63) is 29.1 Å². The highest BCUT2D eigenvalue weighted by Crippen LogP contribution is 2.38. The molecule has 0 amide bonds. The number of aldehydes is 1. The smallest absolute Gasteiger partial charge is 0.461 e. The predicted octanol–water partition coefficient (Wildman–Crippen LogP) is 2.07. The number of carbonyl (C=O) groups is 1. The van der Waals surface area contributed by atoms with Gasteiger partial charge in [0.05, 0.1) is 17.5 Å². The van der Waals surface area contributed by atoms with Crippen molar-refractivity contribution in [1.29, 1.82) is 0 Å². The van der Waals surface area contributed by atoms with Gasteiger partial charge in [0.2, 0.25) is 0 Å². The molecule has 0 aromatic carbocycles. The largest absolute Gasteiger partial charge is 0.491 e. The van der Waals surface area contributed by atoms with E-state index in [1.165, 1.54) is 6.26 Å². The monoisotopic (exact) mass is 277 g/mol. The van der Waals surface area contributed by atoms with Crippen LogP contribution in [0.5, 0.6) is 0 Å². The first-order valence-electron chi connectivity index (χ1n) is 6.59. The van der Waals surface area contributed by atoms with E-state index in [9.17, 15) is 4.79 Å². The Morgan fingerprint density at radius 2 is 1.90 bits per heavy atom. The van der Waals surface area contributed by atoms with Gasteiger partial charge in [0, 0.05) is 12.1 Å². The van der Waals surface area contributed by atoms with Gasteiger partial charge in [0.15, 0.2) is 12.0 Å². The molecule has 0 bridgehead atoms. The summed E-state index contributed by atoms with van der Waals surface area (Å²) >= 11 is 0. The van der Waals surface area contributed by atoms with Gasteiger partial charge in [0.1, 0.15) is 0 Å². The average Bonchev–Trinajstić information content (AvgIpc) is 2.88. The van der Waals surface area contributed by atoms with E-state index in [4.69, 9.17) is 19.5 Å². The Kier molecular flexibility index (Phi) is 3.91. The third-order valence-corrected chi connectivity index (χ3v) is 3.97. The van der Waals surface area contributed by atoms with Crippen LogP contribution in [0.1, 0.15) is 43.8 Å². The summed E-state index contributed by atoms with van der Waals surface area (Å²) < 4.78 is 17.0. The van der Waals surface area contributed by atoms with Crippen LogP contribution in [0.2, 0.25) is 0 Å². The van der Waals surface area contributed by atoms with Gasteiger partial charge in [-0.05, 0) is 39.2 Å². The van der Waals surface area contributed by atoms with Gasteiger partial charge in [-0.15, -0.1) is 0 Å². The van der Waals surface area contributed by atoms with Crippen LogP contribution in [0.3, 0.4) is 0 Å². The lowest BCUT2D eigenvalue weighted by molar-refractivity contribution is 0.00578. The zero-order valence-electron chi connectivity index (χ0n) is 12.3. The molecule has 108 valence electrons. The summed E-state index contributed by atoms with van der Waals surface area (Å²) in [5.41, 5.74) is 6.40. The molecule has 2 heterocycles. The summed E-state index contributed by atoms with van der Waals surface area (Å²) in [4.78, 5) is 10.9. The van der Waals surface area contributed by atoms with Crippen LogP contribution < -0.4 is 5.73 Å². The maximum absolute atomic E-state index is 10.9. The van der Waals surface area contributed by atoms with E-state index in [1.54, 1.807) is 12.1 Å². The fraction of sp³-hybridized carbons (Fsp3) is 0.500. The van der Waals surface area contributed by atoms with Gasteiger partial charge in [-0.2, -0.15) is 0 Å². The lowest BCUT2D eigenvalue weighted by Crippen LogP contribution is -2.41. The van der Waals surface area contributed by atoms with Gasteiger partial charge in [0.25, 0.3) is 0 Å². The molecule has 2 rings (SSSR count). The molecule has 0 aliphatic carbocycles. The van der Waals surface area contributed by atoms with Gasteiger partial charge >= 0.3 is 7.12 Å². The lowest BCUT2D eigenvalue weighted by atomic mass is 9.77. The first-order valence-corrected chi connectivity index (χ1v) is 6.59. The van der Waals surface area contributed by atoms with Crippen molar-refractivity contribution >= 4 is 19.5 Å². The van der Waals surface area contributed by atoms with Gasteiger partial charge in [-0.3, -0.25) is 4.79 Å². The van der Waals surface area contributed by atoms with Crippen LogP contribution >= 0.6 is 0 Å². The van der Waals surface area contributed by atoms with Crippen molar-refractivity contribution < 1.29 is 18.5 Å². The number of hydrogen-bond donors (Lipinski definition) is 1. The normalized spacial score (nSPS) is 21.2. The first kappa shape index (κ1) is 15.0. The van der Waals surface area contributed by atoms with E-state index >= 15 is 0 Å². The summed E-state index contributed by atoms with van der Waals surface area (Å²) in [6, 6.07) is 1.71. The summed E-state index contributed by atoms with van der Waals surface area (Å²) in [7, 11) is -0.514. The molecule has 1 aromatic rings. The number of hydrogen-bond acceptors (Lipinski definition) is 5. The molecule has 6 heteroatoms. The Balaban J connectivity index is 2.29. The molecular formula is C14H20BNO4. The molecule has 0 radical (unpaired) electrons. The van der Waals surface area contributed by atoms with Gasteiger partial charge in [-0.1, -0.05) is 6.08 Å². The second-order valence-corrected chi connectivity index (χ2v) is 5.87. The van der Waals surface area contributed by atoms with Crippen LogP contribution in [-0.2, 0) is 9.31 Å². The van der Waals surface area contributed by atoms with E-state index in [0.717, 1.165) is 5.47 Å². The Hall–Kier alpha value is -1.37. The van der Waals surface area contributed by atoms with Crippen LogP contribution in [0, 0.1) is 0 Å². The van der Waals surface area contributed by atoms with E-state index < -0.39 is 18.3 Å². The van der Waals surface area contributed by atoms with E-state index in [0.29, 0.717) is 11.8 Å². The topological polar surface area (TPSA) is 74.7 Å². The van der Waals surface area contributed by atoms with Crippen molar-refractivity contribution in [1.82, 2.24) is 0 Å². The Bertz CT molecular complexity index is 517. The molecule has 1 aliphatic rings. The summed E-state index contributed by atoms with van der Waals surface area (Å²) in [5, 5.41) is 0.